The largest absolute Gasteiger partial charge is 0.480 e. The number of carbonyl (C=O) groups excluding carboxylic acids is 1. The maximum Gasteiger partial charge on any atom is 0.326 e. The molecule has 0 rings (SSSR count). The molecule has 2 N–H and O–H groups in total. The van der Waals surface area contributed by atoms with Crippen LogP contribution in [0.4, 0.5) is 0 Å². The third-order valence-corrected chi connectivity index (χ3v) is 1.82. The van der Waals surface area contributed by atoms with Gasteiger partial charge in [-0.2, -0.15) is 0 Å². The molecule has 0 saturated heterocycles. The Labute approximate surface area is 90.4 Å². The summed E-state index contributed by atoms with van der Waals surface area (Å²) in [7, 11) is 0. The molecule has 0 aromatic rings. The van der Waals surface area contributed by atoms with E-state index in [9.17, 15) is 9.59 Å². The van der Waals surface area contributed by atoms with Crippen LogP contribution in [0.5, 0.6) is 0 Å². The highest BCUT2D eigenvalue weighted by atomic mass is 16.4. The Bertz CT molecular complexity index is 283. The molecular weight excluding hydrogens is 194 g/mol. The summed E-state index contributed by atoms with van der Waals surface area (Å²) >= 11 is 0. The molecule has 0 aliphatic rings. The summed E-state index contributed by atoms with van der Waals surface area (Å²) < 4.78 is 0. The van der Waals surface area contributed by atoms with Crippen LogP contribution in [0.3, 0.4) is 0 Å². The smallest absolute Gasteiger partial charge is 0.326 e. The van der Waals surface area contributed by atoms with E-state index in [1.807, 2.05) is 0 Å². The van der Waals surface area contributed by atoms with Gasteiger partial charge in [-0.3, -0.25) is 4.79 Å². The molecule has 0 heterocycles. The highest BCUT2D eigenvalue weighted by Crippen LogP contribution is 2.19. The van der Waals surface area contributed by atoms with Gasteiger partial charge in [0.25, 0.3) is 0 Å². The van der Waals surface area contributed by atoms with Gasteiger partial charge in [-0.05, 0) is 19.3 Å². The normalized spacial score (nSPS) is 12.9. The van der Waals surface area contributed by atoms with E-state index in [0.29, 0.717) is 0 Å². The van der Waals surface area contributed by atoms with Crippen molar-refractivity contribution in [3.8, 4) is 0 Å². The van der Waals surface area contributed by atoms with Crippen molar-refractivity contribution in [1.82, 2.24) is 5.32 Å². The SMILES string of the molecule is CC(C)=CC(=O)N[C@@H](C(=O)O)C(C)(C)C. The molecule has 0 unspecified atom stereocenters. The molecular formula is C11H19NO3. The minimum absolute atomic E-state index is 0.364. The van der Waals surface area contributed by atoms with Crippen LogP contribution in [0.25, 0.3) is 0 Å². The predicted molar refractivity (Wildman–Crippen MR) is 58.5 cm³/mol. The van der Waals surface area contributed by atoms with Gasteiger partial charge in [-0.25, -0.2) is 4.79 Å². The van der Waals surface area contributed by atoms with E-state index in [2.05, 4.69) is 5.32 Å². The number of carboxylic acid groups (broad SMARTS) is 1. The zero-order chi connectivity index (χ0) is 12.2. The fourth-order valence-electron chi connectivity index (χ4n) is 1.09. The standard InChI is InChI=1S/C11H19NO3/c1-7(2)6-8(13)12-9(10(14)15)11(3,4)5/h6,9H,1-5H3,(H,12,13)(H,14,15)/t9-/m0/s1. The van der Waals surface area contributed by atoms with Crippen molar-refractivity contribution < 1.29 is 14.7 Å². The monoisotopic (exact) mass is 213 g/mol. The molecule has 4 nitrogen and oxygen atoms in total. The molecule has 0 spiro atoms. The molecule has 0 fully saturated rings. The van der Waals surface area contributed by atoms with Gasteiger partial charge >= 0.3 is 5.97 Å². The maximum atomic E-state index is 11.4. The van der Waals surface area contributed by atoms with E-state index in [1.165, 1.54) is 6.08 Å². The minimum Gasteiger partial charge on any atom is -0.480 e. The van der Waals surface area contributed by atoms with Crippen LogP contribution in [-0.4, -0.2) is 23.0 Å². The lowest BCUT2D eigenvalue weighted by Gasteiger charge is -2.27. The molecule has 0 aromatic heterocycles. The molecule has 0 aliphatic carbocycles. The molecule has 0 bridgehead atoms. The molecule has 0 aromatic carbocycles. The van der Waals surface area contributed by atoms with Crippen LogP contribution in [0.2, 0.25) is 0 Å². The van der Waals surface area contributed by atoms with Gasteiger partial charge in [-0.15, -0.1) is 0 Å². The van der Waals surface area contributed by atoms with Crippen molar-refractivity contribution >= 4 is 11.9 Å². The first-order chi connectivity index (χ1) is 6.64. The summed E-state index contributed by atoms with van der Waals surface area (Å²) in [5, 5.41) is 11.4. The number of nitrogens with one attached hydrogen (secondary N) is 1. The minimum atomic E-state index is -1.02. The Morgan fingerprint density at radius 1 is 1.27 bits per heavy atom. The van der Waals surface area contributed by atoms with E-state index >= 15 is 0 Å². The number of hydrogen-bond donors (Lipinski definition) is 2. The second-order valence-electron chi connectivity index (χ2n) is 4.87. The van der Waals surface area contributed by atoms with Crippen molar-refractivity contribution in [2.75, 3.05) is 0 Å². The molecule has 0 radical (unpaired) electrons. The van der Waals surface area contributed by atoms with Gasteiger partial charge in [-0.1, -0.05) is 26.3 Å². The van der Waals surface area contributed by atoms with Crippen molar-refractivity contribution in [3.63, 3.8) is 0 Å². The second kappa shape index (κ2) is 4.96. The van der Waals surface area contributed by atoms with Crippen LogP contribution < -0.4 is 5.32 Å². The summed E-state index contributed by atoms with van der Waals surface area (Å²) in [6, 6.07) is -0.874. The van der Waals surface area contributed by atoms with Gasteiger partial charge in [0.2, 0.25) is 5.91 Å². The van der Waals surface area contributed by atoms with Crippen LogP contribution in [0.1, 0.15) is 34.6 Å². The van der Waals surface area contributed by atoms with Crippen LogP contribution in [-0.2, 0) is 9.59 Å². The average molecular weight is 213 g/mol. The Hall–Kier alpha value is -1.32. The van der Waals surface area contributed by atoms with E-state index in [1.54, 1.807) is 34.6 Å². The number of aliphatic carboxylic acids is 1. The number of allylic oxidation sites excluding steroid dienone is 1. The molecule has 1 atom stereocenters. The topological polar surface area (TPSA) is 66.4 Å². The molecule has 4 heteroatoms. The van der Waals surface area contributed by atoms with Gasteiger partial charge in [0.05, 0.1) is 0 Å². The van der Waals surface area contributed by atoms with Gasteiger partial charge < -0.3 is 10.4 Å². The highest BCUT2D eigenvalue weighted by molar-refractivity contribution is 5.91. The van der Waals surface area contributed by atoms with E-state index in [4.69, 9.17) is 5.11 Å². The van der Waals surface area contributed by atoms with Crippen molar-refractivity contribution in [2.45, 2.75) is 40.7 Å². The second-order valence-corrected chi connectivity index (χ2v) is 4.87. The number of amides is 1. The quantitative estimate of drug-likeness (QED) is 0.699. The molecule has 0 saturated carbocycles. The van der Waals surface area contributed by atoms with Crippen LogP contribution in [0, 0.1) is 5.41 Å². The summed E-state index contributed by atoms with van der Waals surface area (Å²) in [6.07, 6.45) is 1.39. The third-order valence-electron chi connectivity index (χ3n) is 1.82. The highest BCUT2D eigenvalue weighted by Gasteiger charge is 2.31. The number of carboxylic acids is 1. The number of hydrogen-bond acceptors (Lipinski definition) is 2. The number of rotatable bonds is 3. The van der Waals surface area contributed by atoms with Crippen molar-refractivity contribution in [1.29, 1.82) is 0 Å². The van der Waals surface area contributed by atoms with E-state index in [0.717, 1.165) is 5.57 Å². The third kappa shape index (κ3) is 5.20. The lowest BCUT2D eigenvalue weighted by Crippen LogP contribution is -2.48. The number of carbonyl (C=O) groups is 2. The molecule has 86 valence electrons. The lowest BCUT2D eigenvalue weighted by atomic mass is 9.87. The summed E-state index contributed by atoms with van der Waals surface area (Å²) in [5.74, 6) is -1.38. The van der Waals surface area contributed by atoms with Crippen LogP contribution >= 0.6 is 0 Å². The first-order valence-corrected chi connectivity index (χ1v) is 4.83. The lowest BCUT2D eigenvalue weighted by molar-refractivity contribution is -0.144. The fourth-order valence-corrected chi connectivity index (χ4v) is 1.09. The van der Waals surface area contributed by atoms with Gasteiger partial charge in [0.15, 0.2) is 0 Å². The summed E-state index contributed by atoms with van der Waals surface area (Å²) in [4.78, 5) is 22.3. The molecule has 0 aliphatic heterocycles. The van der Waals surface area contributed by atoms with Gasteiger partial charge in [0, 0.05) is 6.08 Å². The van der Waals surface area contributed by atoms with Crippen molar-refractivity contribution in [2.24, 2.45) is 5.41 Å². The molecule has 1 amide bonds. The fraction of sp³-hybridized carbons (Fsp3) is 0.636. The Morgan fingerprint density at radius 2 is 1.73 bits per heavy atom. The predicted octanol–water partition coefficient (Wildman–Crippen LogP) is 1.57. The maximum absolute atomic E-state index is 11.4. The van der Waals surface area contributed by atoms with Crippen molar-refractivity contribution in [3.05, 3.63) is 11.6 Å². The average Bonchev–Trinajstić information content (AvgIpc) is 1.95. The summed E-state index contributed by atoms with van der Waals surface area (Å²) in [6.45, 7) is 8.89. The zero-order valence-electron chi connectivity index (χ0n) is 9.92. The Kier molecular flexibility index (Phi) is 4.52. The van der Waals surface area contributed by atoms with Gasteiger partial charge in [0.1, 0.15) is 6.04 Å². The van der Waals surface area contributed by atoms with E-state index < -0.39 is 17.4 Å². The zero-order valence-corrected chi connectivity index (χ0v) is 9.92. The first-order valence-electron chi connectivity index (χ1n) is 4.83. The summed E-state index contributed by atoms with van der Waals surface area (Å²) in [5.41, 5.74) is 0.335. The van der Waals surface area contributed by atoms with E-state index in [-0.39, 0.29) is 5.91 Å². The van der Waals surface area contributed by atoms with Crippen LogP contribution in [0.15, 0.2) is 11.6 Å². The molecule has 15 heavy (non-hydrogen) atoms. The first kappa shape index (κ1) is 13.7. The Morgan fingerprint density at radius 3 is 2.00 bits per heavy atom. The Balaban J connectivity index is 4.66.